The Labute approximate surface area is 80.0 Å². The van der Waals surface area contributed by atoms with Gasteiger partial charge in [-0.15, -0.1) is 0 Å². The summed E-state index contributed by atoms with van der Waals surface area (Å²) in [6, 6.07) is 6.87. The molecule has 0 saturated carbocycles. The fraction of sp³-hybridized carbons (Fsp3) is 0. The Kier molecular flexibility index (Phi) is 1.81. The standard InChI is InChI=1S/C10H8N2O2/c11-7-2-1-6-3-4-12-9(10(13)14)8(6)5-7/h1-5H,11H2,(H,13,14). The molecule has 1 heterocycles. The molecule has 14 heavy (non-hydrogen) atoms. The number of carbonyl (C=O) groups is 1. The van der Waals surface area contributed by atoms with Gasteiger partial charge in [-0.25, -0.2) is 9.78 Å². The van der Waals surface area contributed by atoms with Gasteiger partial charge >= 0.3 is 5.97 Å². The van der Waals surface area contributed by atoms with Crippen LogP contribution in [0.3, 0.4) is 0 Å². The fourth-order valence-electron chi connectivity index (χ4n) is 1.36. The van der Waals surface area contributed by atoms with Crippen molar-refractivity contribution in [1.82, 2.24) is 4.98 Å². The zero-order valence-electron chi connectivity index (χ0n) is 7.27. The molecule has 0 atom stereocenters. The predicted octanol–water partition coefficient (Wildman–Crippen LogP) is 1.52. The average molecular weight is 188 g/mol. The van der Waals surface area contributed by atoms with Gasteiger partial charge in [-0.3, -0.25) is 0 Å². The quantitative estimate of drug-likeness (QED) is 0.665. The average Bonchev–Trinajstić information content (AvgIpc) is 2.16. The van der Waals surface area contributed by atoms with Crippen molar-refractivity contribution < 1.29 is 9.90 Å². The molecule has 0 amide bonds. The number of rotatable bonds is 1. The number of hydrogen-bond acceptors (Lipinski definition) is 3. The summed E-state index contributed by atoms with van der Waals surface area (Å²) in [6.45, 7) is 0. The lowest BCUT2D eigenvalue weighted by Gasteiger charge is -2.01. The van der Waals surface area contributed by atoms with Crippen molar-refractivity contribution >= 4 is 22.4 Å². The molecule has 4 heteroatoms. The number of aromatic nitrogens is 1. The third-order valence-electron chi connectivity index (χ3n) is 1.99. The van der Waals surface area contributed by atoms with Crippen LogP contribution in [0.5, 0.6) is 0 Å². The minimum atomic E-state index is -1.04. The van der Waals surface area contributed by atoms with Crippen LogP contribution in [0.15, 0.2) is 30.5 Å². The zero-order valence-corrected chi connectivity index (χ0v) is 7.27. The number of pyridine rings is 1. The normalized spacial score (nSPS) is 10.3. The van der Waals surface area contributed by atoms with E-state index in [0.29, 0.717) is 11.1 Å². The fourth-order valence-corrected chi connectivity index (χ4v) is 1.36. The number of carboxylic acid groups (broad SMARTS) is 1. The first-order valence-electron chi connectivity index (χ1n) is 4.06. The number of carboxylic acids is 1. The number of benzene rings is 1. The van der Waals surface area contributed by atoms with Gasteiger partial charge in [0.05, 0.1) is 0 Å². The van der Waals surface area contributed by atoms with Crippen LogP contribution in [-0.2, 0) is 0 Å². The molecule has 0 unspecified atom stereocenters. The topological polar surface area (TPSA) is 76.2 Å². The highest BCUT2D eigenvalue weighted by atomic mass is 16.4. The zero-order chi connectivity index (χ0) is 10.1. The van der Waals surface area contributed by atoms with Crippen molar-refractivity contribution in [2.75, 3.05) is 5.73 Å². The highest BCUT2D eigenvalue weighted by Crippen LogP contribution is 2.19. The van der Waals surface area contributed by atoms with E-state index in [1.807, 2.05) is 0 Å². The number of nitrogens with two attached hydrogens (primary N) is 1. The van der Waals surface area contributed by atoms with E-state index in [2.05, 4.69) is 4.98 Å². The molecule has 70 valence electrons. The van der Waals surface area contributed by atoms with Crippen LogP contribution in [0.1, 0.15) is 10.5 Å². The van der Waals surface area contributed by atoms with Gasteiger partial charge in [-0.05, 0) is 23.6 Å². The van der Waals surface area contributed by atoms with Crippen LogP contribution in [0.2, 0.25) is 0 Å². The Bertz CT molecular complexity index is 508. The van der Waals surface area contributed by atoms with Crippen LogP contribution >= 0.6 is 0 Å². The molecule has 2 aromatic rings. The third kappa shape index (κ3) is 1.26. The summed E-state index contributed by atoms with van der Waals surface area (Å²) >= 11 is 0. The molecule has 3 N–H and O–H groups in total. The molecule has 4 nitrogen and oxygen atoms in total. The summed E-state index contributed by atoms with van der Waals surface area (Å²) in [7, 11) is 0. The Morgan fingerprint density at radius 3 is 2.86 bits per heavy atom. The summed E-state index contributed by atoms with van der Waals surface area (Å²) in [5.74, 6) is -1.04. The van der Waals surface area contributed by atoms with Gasteiger partial charge in [0, 0.05) is 17.3 Å². The van der Waals surface area contributed by atoms with Crippen molar-refractivity contribution in [3.63, 3.8) is 0 Å². The van der Waals surface area contributed by atoms with Crippen LogP contribution in [0.4, 0.5) is 5.69 Å². The van der Waals surface area contributed by atoms with Crippen molar-refractivity contribution in [3.8, 4) is 0 Å². The molecule has 0 radical (unpaired) electrons. The van der Waals surface area contributed by atoms with Gasteiger partial charge < -0.3 is 10.8 Å². The second kappa shape index (κ2) is 2.99. The molecule has 0 aliphatic rings. The van der Waals surface area contributed by atoms with Gasteiger partial charge in [-0.1, -0.05) is 6.07 Å². The first-order valence-corrected chi connectivity index (χ1v) is 4.06. The number of anilines is 1. The lowest BCUT2D eigenvalue weighted by molar-refractivity contribution is 0.0693. The minimum Gasteiger partial charge on any atom is -0.476 e. The maximum absolute atomic E-state index is 10.8. The van der Waals surface area contributed by atoms with Crippen molar-refractivity contribution in [2.24, 2.45) is 0 Å². The molecule has 0 fully saturated rings. The van der Waals surface area contributed by atoms with E-state index in [1.54, 1.807) is 24.3 Å². The Balaban J connectivity index is 2.84. The lowest BCUT2D eigenvalue weighted by atomic mass is 10.1. The maximum atomic E-state index is 10.8. The van der Waals surface area contributed by atoms with Gasteiger partial charge in [0.25, 0.3) is 0 Å². The van der Waals surface area contributed by atoms with E-state index in [4.69, 9.17) is 10.8 Å². The lowest BCUT2D eigenvalue weighted by Crippen LogP contribution is -2.01. The van der Waals surface area contributed by atoms with Crippen LogP contribution in [-0.4, -0.2) is 16.1 Å². The third-order valence-corrected chi connectivity index (χ3v) is 1.99. The van der Waals surface area contributed by atoms with E-state index in [9.17, 15) is 4.79 Å². The van der Waals surface area contributed by atoms with Gasteiger partial charge in [0.2, 0.25) is 0 Å². The van der Waals surface area contributed by atoms with Crippen molar-refractivity contribution in [3.05, 3.63) is 36.2 Å². The van der Waals surface area contributed by atoms with Crippen molar-refractivity contribution in [1.29, 1.82) is 0 Å². The van der Waals surface area contributed by atoms with Crippen LogP contribution in [0.25, 0.3) is 10.8 Å². The molecule has 1 aromatic heterocycles. The SMILES string of the molecule is Nc1ccc2ccnc(C(=O)O)c2c1. The van der Waals surface area contributed by atoms with Crippen LogP contribution < -0.4 is 5.73 Å². The Hall–Kier alpha value is -2.10. The summed E-state index contributed by atoms with van der Waals surface area (Å²) in [4.78, 5) is 14.6. The number of nitrogens with zero attached hydrogens (tertiary/aromatic N) is 1. The summed E-state index contributed by atoms with van der Waals surface area (Å²) in [5.41, 5.74) is 6.14. The van der Waals surface area contributed by atoms with Crippen LogP contribution in [0, 0.1) is 0 Å². The number of fused-ring (bicyclic) bond motifs is 1. The minimum absolute atomic E-state index is 0.0369. The van der Waals surface area contributed by atoms with Crippen molar-refractivity contribution in [2.45, 2.75) is 0 Å². The van der Waals surface area contributed by atoms with Gasteiger partial charge in [-0.2, -0.15) is 0 Å². The monoisotopic (exact) mass is 188 g/mol. The smallest absolute Gasteiger partial charge is 0.355 e. The molecule has 0 aliphatic heterocycles. The number of aromatic carboxylic acids is 1. The van der Waals surface area contributed by atoms with Gasteiger partial charge in [0.15, 0.2) is 5.69 Å². The van der Waals surface area contributed by atoms with Gasteiger partial charge in [0.1, 0.15) is 0 Å². The first-order chi connectivity index (χ1) is 6.68. The highest BCUT2D eigenvalue weighted by molar-refractivity contribution is 6.02. The molecule has 0 spiro atoms. The number of nitrogen functional groups attached to an aromatic ring is 1. The molecule has 1 aromatic carbocycles. The molecular weight excluding hydrogens is 180 g/mol. The Morgan fingerprint density at radius 2 is 2.14 bits per heavy atom. The predicted molar refractivity (Wildman–Crippen MR) is 53.1 cm³/mol. The number of hydrogen-bond donors (Lipinski definition) is 2. The highest BCUT2D eigenvalue weighted by Gasteiger charge is 2.09. The summed E-state index contributed by atoms with van der Waals surface area (Å²) in [5, 5.41) is 10.3. The summed E-state index contributed by atoms with van der Waals surface area (Å²) in [6.07, 6.45) is 1.47. The van der Waals surface area contributed by atoms with E-state index in [0.717, 1.165) is 5.39 Å². The van der Waals surface area contributed by atoms with E-state index in [1.165, 1.54) is 6.20 Å². The second-order valence-corrected chi connectivity index (χ2v) is 2.95. The van der Waals surface area contributed by atoms with E-state index >= 15 is 0 Å². The van der Waals surface area contributed by atoms with E-state index < -0.39 is 5.97 Å². The molecule has 0 aliphatic carbocycles. The molecule has 2 rings (SSSR count). The molecule has 0 saturated heterocycles. The van der Waals surface area contributed by atoms with E-state index in [-0.39, 0.29) is 5.69 Å². The molecule has 0 bridgehead atoms. The first kappa shape index (κ1) is 8.50. The Morgan fingerprint density at radius 1 is 1.36 bits per heavy atom. The second-order valence-electron chi connectivity index (χ2n) is 2.95. The molecular formula is C10H8N2O2. The maximum Gasteiger partial charge on any atom is 0.355 e. The summed E-state index contributed by atoms with van der Waals surface area (Å²) < 4.78 is 0. The largest absolute Gasteiger partial charge is 0.476 e.